The Balaban J connectivity index is 1.36. The van der Waals surface area contributed by atoms with Gasteiger partial charge in [0.15, 0.2) is 5.76 Å². The molecule has 0 amide bonds. The molecule has 0 bridgehead atoms. The molecular formula is C24H22N6O. The maximum atomic E-state index is 9.44. The van der Waals surface area contributed by atoms with Gasteiger partial charge in [-0.15, -0.1) is 0 Å². The summed E-state index contributed by atoms with van der Waals surface area (Å²) in [4.78, 5) is 9.23. The summed E-state index contributed by atoms with van der Waals surface area (Å²) in [5, 5.41) is 22.9. The number of benzene rings is 1. The third kappa shape index (κ3) is 3.65. The smallest absolute Gasteiger partial charge is 0.154 e. The van der Waals surface area contributed by atoms with Gasteiger partial charge in [0.05, 0.1) is 23.2 Å². The van der Waals surface area contributed by atoms with Gasteiger partial charge in [0.1, 0.15) is 17.6 Å². The molecule has 154 valence electrons. The number of aromatic nitrogens is 2. The highest BCUT2D eigenvalue weighted by molar-refractivity contribution is 5.61. The largest absolute Gasteiger partial charge is 0.359 e. The zero-order valence-corrected chi connectivity index (χ0v) is 17.1. The molecule has 4 heterocycles. The molecule has 0 saturated carbocycles. The van der Waals surface area contributed by atoms with Gasteiger partial charge in [-0.05, 0) is 43.5 Å². The summed E-state index contributed by atoms with van der Waals surface area (Å²) in [5.41, 5.74) is 2.90. The van der Waals surface area contributed by atoms with Crippen LogP contribution < -0.4 is 4.90 Å². The molecule has 0 radical (unpaired) electrons. The van der Waals surface area contributed by atoms with E-state index in [0.717, 1.165) is 61.7 Å². The van der Waals surface area contributed by atoms with Crippen LogP contribution in [0.2, 0.25) is 0 Å². The van der Waals surface area contributed by atoms with Crippen LogP contribution in [0.1, 0.15) is 42.2 Å². The molecule has 31 heavy (non-hydrogen) atoms. The van der Waals surface area contributed by atoms with Crippen molar-refractivity contribution < 1.29 is 4.52 Å². The first-order valence-electron chi connectivity index (χ1n) is 10.6. The van der Waals surface area contributed by atoms with Gasteiger partial charge in [-0.1, -0.05) is 17.3 Å². The number of rotatable bonds is 3. The molecule has 2 aromatic heterocycles. The highest BCUT2D eigenvalue weighted by atomic mass is 16.5. The van der Waals surface area contributed by atoms with Gasteiger partial charge in [-0.2, -0.15) is 10.5 Å². The number of pyridine rings is 1. The van der Waals surface area contributed by atoms with E-state index in [1.165, 1.54) is 0 Å². The summed E-state index contributed by atoms with van der Waals surface area (Å²) in [6.45, 7) is 2.56. The number of fused-ring (bicyclic) bond motifs is 1. The average molecular weight is 410 g/mol. The van der Waals surface area contributed by atoms with Crippen molar-refractivity contribution in [3.8, 4) is 23.4 Å². The summed E-state index contributed by atoms with van der Waals surface area (Å²) in [5.74, 6) is 1.66. The average Bonchev–Trinajstić information content (AvgIpc) is 3.33. The number of piperidine rings is 1. The highest BCUT2D eigenvalue weighted by Gasteiger charge is 2.38. The van der Waals surface area contributed by atoms with E-state index < -0.39 is 0 Å². The van der Waals surface area contributed by atoms with Crippen LogP contribution in [0, 0.1) is 22.7 Å². The molecule has 0 spiro atoms. The molecule has 2 atom stereocenters. The summed E-state index contributed by atoms with van der Waals surface area (Å²) in [7, 11) is 0. The van der Waals surface area contributed by atoms with Crippen LogP contribution in [0.4, 0.5) is 5.82 Å². The van der Waals surface area contributed by atoms with Crippen LogP contribution >= 0.6 is 0 Å². The highest BCUT2D eigenvalue weighted by Crippen LogP contribution is 2.38. The topological polar surface area (TPSA) is 93.0 Å². The summed E-state index contributed by atoms with van der Waals surface area (Å²) < 4.78 is 5.79. The Morgan fingerprint density at radius 3 is 2.84 bits per heavy atom. The van der Waals surface area contributed by atoms with Gasteiger partial charge in [0.25, 0.3) is 0 Å². The van der Waals surface area contributed by atoms with Crippen LogP contribution in [0.15, 0.2) is 53.2 Å². The number of hydrogen-bond acceptors (Lipinski definition) is 7. The Labute approximate surface area is 181 Å². The standard InChI is InChI=1S/C24H22N6O/c25-14-17-4-1-5-18(12-17)21-13-23(31-28-21)22-8-2-7-20-16-29(10-11-30(20)22)24-19(15-26)6-3-9-27-24/h1,3-6,9,12-13,20,22H,2,7-8,10-11,16H2. The SMILES string of the molecule is N#Cc1cccc(-c2cc(C3CCCC4CN(c5ncccc5C#N)CCN43)on2)c1. The molecular weight excluding hydrogens is 388 g/mol. The number of hydrogen-bond donors (Lipinski definition) is 0. The van der Waals surface area contributed by atoms with Crippen molar-refractivity contribution in [1.82, 2.24) is 15.0 Å². The van der Waals surface area contributed by atoms with Crippen LogP contribution in [0.3, 0.4) is 0 Å². The third-order valence-electron chi connectivity index (χ3n) is 6.29. The van der Waals surface area contributed by atoms with Gasteiger partial charge in [-0.3, -0.25) is 4.90 Å². The Hall–Kier alpha value is -3.68. The van der Waals surface area contributed by atoms with Gasteiger partial charge in [-0.25, -0.2) is 4.98 Å². The van der Waals surface area contributed by atoms with Crippen molar-refractivity contribution >= 4 is 5.82 Å². The van der Waals surface area contributed by atoms with E-state index in [-0.39, 0.29) is 6.04 Å². The summed E-state index contributed by atoms with van der Waals surface area (Å²) in [6, 6.07) is 18.1. The molecule has 0 aliphatic carbocycles. The Bertz CT molecular complexity index is 1170. The van der Waals surface area contributed by atoms with Crippen LogP contribution in [-0.2, 0) is 0 Å². The van der Waals surface area contributed by atoms with Gasteiger partial charge in [0.2, 0.25) is 0 Å². The number of nitrogens with zero attached hydrogens (tertiary/aromatic N) is 6. The molecule has 0 N–H and O–H groups in total. The number of anilines is 1. The molecule has 2 saturated heterocycles. The van der Waals surface area contributed by atoms with E-state index in [1.54, 1.807) is 12.3 Å². The second kappa shape index (κ2) is 8.22. The molecule has 2 fully saturated rings. The van der Waals surface area contributed by atoms with E-state index in [1.807, 2.05) is 36.4 Å². The van der Waals surface area contributed by atoms with Gasteiger partial charge in [0, 0.05) is 43.5 Å². The van der Waals surface area contributed by atoms with Crippen molar-refractivity contribution in [2.75, 3.05) is 24.5 Å². The molecule has 1 aromatic carbocycles. The fourth-order valence-electron chi connectivity index (χ4n) is 4.81. The van der Waals surface area contributed by atoms with Crippen LogP contribution in [-0.4, -0.2) is 40.7 Å². The zero-order valence-electron chi connectivity index (χ0n) is 17.1. The van der Waals surface area contributed by atoms with E-state index in [9.17, 15) is 5.26 Å². The lowest BCUT2D eigenvalue weighted by Gasteiger charge is -2.47. The second-order valence-electron chi connectivity index (χ2n) is 8.08. The number of piperazine rings is 1. The molecule has 5 rings (SSSR count). The minimum Gasteiger partial charge on any atom is -0.359 e. The monoisotopic (exact) mass is 410 g/mol. The first-order valence-corrected chi connectivity index (χ1v) is 10.6. The van der Waals surface area contributed by atoms with E-state index in [2.05, 4.69) is 32.1 Å². The Morgan fingerprint density at radius 2 is 1.97 bits per heavy atom. The molecule has 2 aliphatic rings. The first-order chi connectivity index (χ1) is 15.3. The van der Waals surface area contributed by atoms with Crippen molar-refractivity contribution in [2.45, 2.75) is 31.3 Å². The summed E-state index contributed by atoms with van der Waals surface area (Å²) >= 11 is 0. The quantitative estimate of drug-likeness (QED) is 0.646. The predicted molar refractivity (Wildman–Crippen MR) is 115 cm³/mol. The van der Waals surface area contributed by atoms with E-state index >= 15 is 0 Å². The van der Waals surface area contributed by atoms with Gasteiger partial charge < -0.3 is 9.42 Å². The molecule has 7 nitrogen and oxygen atoms in total. The van der Waals surface area contributed by atoms with Crippen molar-refractivity contribution in [3.63, 3.8) is 0 Å². The number of nitriles is 2. The first kappa shape index (κ1) is 19.3. The Kier molecular flexibility index (Phi) is 5.11. The van der Waals surface area contributed by atoms with Crippen molar-refractivity contribution in [1.29, 1.82) is 10.5 Å². The van der Waals surface area contributed by atoms with Gasteiger partial charge >= 0.3 is 0 Å². The molecule has 2 unspecified atom stereocenters. The predicted octanol–water partition coefficient (Wildman–Crippen LogP) is 3.90. The third-order valence-corrected chi connectivity index (χ3v) is 6.29. The van der Waals surface area contributed by atoms with Crippen LogP contribution in [0.5, 0.6) is 0 Å². The van der Waals surface area contributed by atoms with E-state index in [0.29, 0.717) is 17.2 Å². The molecule has 7 heteroatoms. The molecule has 2 aliphatic heterocycles. The lowest BCUT2D eigenvalue weighted by Crippen LogP contribution is -2.56. The van der Waals surface area contributed by atoms with Crippen molar-refractivity contribution in [2.24, 2.45) is 0 Å². The second-order valence-corrected chi connectivity index (χ2v) is 8.08. The van der Waals surface area contributed by atoms with Crippen molar-refractivity contribution in [3.05, 3.63) is 65.5 Å². The lowest BCUT2D eigenvalue weighted by atomic mass is 9.91. The minimum absolute atomic E-state index is 0.195. The zero-order chi connectivity index (χ0) is 21.2. The van der Waals surface area contributed by atoms with E-state index in [4.69, 9.17) is 9.78 Å². The fraction of sp³-hybridized carbons (Fsp3) is 0.333. The maximum Gasteiger partial charge on any atom is 0.154 e. The lowest BCUT2D eigenvalue weighted by molar-refractivity contribution is 0.0558. The maximum absolute atomic E-state index is 9.44. The van der Waals surface area contributed by atoms with Crippen LogP contribution in [0.25, 0.3) is 11.3 Å². The Morgan fingerprint density at radius 1 is 1.03 bits per heavy atom. The minimum atomic E-state index is 0.195. The molecule has 3 aromatic rings. The fourth-order valence-corrected chi connectivity index (χ4v) is 4.81. The summed E-state index contributed by atoms with van der Waals surface area (Å²) in [6.07, 6.45) is 5.03. The normalized spacial score (nSPS) is 21.2.